The van der Waals surface area contributed by atoms with Gasteiger partial charge in [-0.15, -0.1) is 0 Å². The molecule has 0 saturated heterocycles. The standard InChI is InChI=1S/C12H17NO2/c1-13(2)9-8-11(12(14)15)10-6-4-3-5-7-10/h3-7,11H,8-9H2,1-2H3,(H,14,15)/p-1. The zero-order valence-corrected chi connectivity index (χ0v) is 9.14. The number of hydrogen-bond acceptors (Lipinski definition) is 3. The third kappa shape index (κ3) is 3.72. The molecule has 82 valence electrons. The van der Waals surface area contributed by atoms with Gasteiger partial charge in [-0.2, -0.15) is 0 Å². The fourth-order valence-electron chi connectivity index (χ4n) is 1.49. The molecule has 1 unspecified atom stereocenters. The van der Waals surface area contributed by atoms with Gasteiger partial charge in [0.2, 0.25) is 0 Å². The van der Waals surface area contributed by atoms with Crippen molar-refractivity contribution in [1.29, 1.82) is 0 Å². The highest BCUT2D eigenvalue weighted by Crippen LogP contribution is 2.18. The van der Waals surface area contributed by atoms with Crippen LogP contribution in [-0.2, 0) is 4.79 Å². The highest BCUT2D eigenvalue weighted by Gasteiger charge is 2.12. The fraction of sp³-hybridized carbons (Fsp3) is 0.417. The molecule has 0 aliphatic heterocycles. The lowest BCUT2D eigenvalue weighted by Gasteiger charge is -2.20. The second kappa shape index (κ2) is 5.51. The molecule has 0 heterocycles. The Morgan fingerprint density at radius 2 is 1.93 bits per heavy atom. The van der Waals surface area contributed by atoms with Gasteiger partial charge < -0.3 is 14.8 Å². The summed E-state index contributed by atoms with van der Waals surface area (Å²) < 4.78 is 0. The zero-order valence-electron chi connectivity index (χ0n) is 9.14. The molecule has 0 N–H and O–H groups in total. The molecule has 0 fully saturated rings. The van der Waals surface area contributed by atoms with E-state index in [1.807, 2.05) is 49.3 Å². The Kier molecular flexibility index (Phi) is 4.31. The molecule has 0 spiro atoms. The van der Waals surface area contributed by atoms with Crippen LogP contribution in [0.4, 0.5) is 0 Å². The summed E-state index contributed by atoms with van der Waals surface area (Å²) in [5, 5.41) is 11.0. The van der Waals surface area contributed by atoms with E-state index < -0.39 is 11.9 Å². The van der Waals surface area contributed by atoms with Gasteiger partial charge in [-0.3, -0.25) is 0 Å². The number of nitrogens with zero attached hydrogens (tertiary/aromatic N) is 1. The average molecular weight is 206 g/mol. The molecule has 0 bridgehead atoms. The number of carbonyl (C=O) groups is 1. The molecule has 1 rings (SSSR count). The van der Waals surface area contributed by atoms with E-state index in [0.29, 0.717) is 6.42 Å². The fourth-order valence-corrected chi connectivity index (χ4v) is 1.49. The predicted octanol–water partition coefficient (Wildman–Crippen LogP) is 0.472. The van der Waals surface area contributed by atoms with E-state index in [-0.39, 0.29) is 0 Å². The molecule has 0 aliphatic carbocycles. The number of carboxylic acids is 1. The van der Waals surface area contributed by atoms with E-state index in [1.54, 1.807) is 0 Å². The summed E-state index contributed by atoms with van der Waals surface area (Å²) in [5.41, 5.74) is 0.819. The maximum absolute atomic E-state index is 11.0. The Hall–Kier alpha value is -1.35. The van der Waals surface area contributed by atoms with E-state index in [4.69, 9.17) is 0 Å². The molecule has 1 aromatic rings. The van der Waals surface area contributed by atoms with Crippen molar-refractivity contribution < 1.29 is 9.90 Å². The second-order valence-electron chi connectivity index (χ2n) is 3.87. The summed E-state index contributed by atoms with van der Waals surface area (Å²) in [4.78, 5) is 13.0. The summed E-state index contributed by atoms with van der Waals surface area (Å²) in [5.74, 6) is -1.50. The van der Waals surface area contributed by atoms with Crippen LogP contribution in [0.1, 0.15) is 17.9 Å². The number of carbonyl (C=O) groups excluding carboxylic acids is 1. The van der Waals surface area contributed by atoms with Crippen LogP contribution in [0.2, 0.25) is 0 Å². The molecule has 15 heavy (non-hydrogen) atoms. The molecule has 3 nitrogen and oxygen atoms in total. The summed E-state index contributed by atoms with van der Waals surface area (Å²) in [6, 6.07) is 9.23. The number of aliphatic carboxylic acids is 1. The molecule has 3 heteroatoms. The van der Waals surface area contributed by atoms with E-state index in [9.17, 15) is 9.90 Å². The van der Waals surface area contributed by atoms with Crippen LogP contribution in [0, 0.1) is 0 Å². The highest BCUT2D eigenvalue weighted by molar-refractivity contribution is 5.73. The van der Waals surface area contributed by atoms with Crippen LogP contribution in [0.3, 0.4) is 0 Å². The van der Waals surface area contributed by atoms with E-state index in [2.05, 4.69) is 0 Å². The molecule has 1 aromatic carbocycles. The Morgan fingerprint density at radius 1 is 1.33 bits per heavy atom. The maximum atomic E-state index is 11.0. The maximum Gasteiger partial charge on any atom is 0.0489 e. The van der Waals surface area contributed by atoms with Crippen LogP contribution >= 0.6 is 0 Å². The molecule has 1 atom stereocenters. The van der Waals surface area contributed by atoms with Gasteiger partial charge in [0, 0.05) is 11.9 Å². The van der Waals surface area contributed by atoms with E-state index in [1.165, 1.54) is 0 Å². The lowest BCUT2D eigenvalue weighted by Crippen LogP contribution is -2.31. The summed E-state index contributed by atoms with van der Waals surface area (Å²) in [6.07, 6.45) is 0.583. The molecular formula is C12H16NO2-. The van der Waals surface area contributed by atoms with Gasteiger partial charge in [0.25, 0.3) is 0 Å². The van der Waals surface area contributed by atoms with Crippen molar-refractivity contribution in [3.05, 3.63) is 35.9 Å². The van der Waals surface area contributed by atoms with E-state index >= 15 is 0 Å². The molecule has 0 radical (unpaired) electrons. The Balaban J connectivity index is 2.71. The SMILES string of the molecule is CN(C)CCC(C(=O)[O-])c1ccccc1. The first-order chi connectivity index (χ1) is 7.11. The van der Waals surface area contributed by atoms with Crippen molar-refractivity contribution in [1.82, 2.24) is 4.90 Å². The number of benzene rings is 1. The normalized spacial score (nSPS) is 12.7. The first-order valence-electron chi connectivity index (χ1n) is 5.02. The average Bonchev–Trinajstić information content (AvgIpc) is 2.18. The third-order valence-electron chi connectivity index (χ3n) is 2.35. The first-order valence-corrected chi connectivity index (χ1v) is 5.02. The van der Waals surface area contributed by atoms with Crippen LogP contribution in [0.15, 0.2) is 30.3 Å². The lowest BCUT2D eigenvalue weighted by molar-refractivity contribution is -0.308. The van der Waals surface area contributed by atoms with Gasteiger partial charge in [0.1, 0.15) is 0 Å². The zero-order chi connectivity index (χ0) is 11.3. The monoisotopic (exact) mass is 206 g/mol. The molecule has 0 amide bonds. The van der Waals surface area contributed by atoms with Crippen LogP contribution < -0.4 is 5.11 Å². The molecule has 0 aromatic heterocycles. The van der Waals surface area contributed by atoms with Crippen molar-refractivity contribution in [2.45, 2.75) is 12.3 Å². The summed E-state index contributed by atoms with van der Waals surface area (Å²) in [7, 11) is 3.86. The summed E-state index contributed by atoms with van der Waals surface area (Å²) >= 11 is 0. The first kappa shape index (κ1) is 11.7. The van der Waals surface area contributed by atoms with Gasteiger partial charge in [-0.25, -0.2) is 0 Å². The predicted molar refractivity (Wildman–Crippen MR) is 57.4 cm³/mol. The largest absolute Gasteiger partial charge is 0.549 e. The Morgan fingerprint density at radius 3 is 2.40 bits per heavy atom. The van der Waals surface area contributed by atoms with Crippen molar-refractivity contribution in [2.24, 2.45) is 0 Å². The van der Waals surface area contributed by atoms with Gasteiger partial charge in [-0.05, 0) is 32.6 Å². The van der Waals surface area contributed by atoms with Crippen LogP contribution in [0.25, 0.3) is 0 Å². The van der Waals surface area contributed by atoms with Crippen LogP contribution in [-0.4, -0.2) is 31.5 Å². The van der Waals surface area contributed by atoms with Crippen molar-refractivity contribution >= 4 is 5.97 Å². The minimum Gasteiger partial charge on any atom is -0.549 e. The molecular weight excluding hydrogens is 190 g/mol. The van der Waals surface area contributed by atoms with Crippen molar-refractivity contribution in [3.63, 3.8) is 0 Å². The van der Waals surface area contributed by atoms with Gasteiger partial charge in [0.15, 0.2) is 0 Å². The van der Waals surface area contributed by atoms with Crippen LogP contribution in [0.5, 0.6) is 0 Å². The van der Waals surface area contributed by atoms with E-state index in [0.717, 1.165) is 12.1 Å². The quantitative estimate of drug-likeness (QED) is 0.703. The minimum absolute atomic E-state index is 0.506. The summed E-state index contributed by atoms with van der Waals surface area (Å²) in [6.45, 7) is 0.744. The van der Waals surface area contributed by atoms with Crippen molar-refractivity contribution in [2.75, 3.05) is 20.6 Å². The second-order valence-corrected chi connectivity index (χ2v) is 3.87. The third-order valence-corrected chi connectivity index (χ3v) is 2.35. The van der Waals surface area contributed by atoms with Crippen molar-refractivity contribution in [3.8, 4) is 0 Å². The lowest BCUT2D eigenvalue weighted by atomic mass is 9.96. The number of hydrogen-bond donors (Lipinski definition) is 0. The van der Waals surface area contributed by atoms with Gasteiger partial charge in [0.05, 0.1) is 0 Å². The molecule has 0 saturated carbocycles. The Bertz CT molecular complexity index is 309. The Labute approximate surface area is 90.3 Å². The minimum atomic E-state index is -0.997. The van der Waals surface area contributed by atoms with Gasteiger partial charge >= 0.3 is 0 Å². The smallest absolute Gasteiger partial charge is 0.0489 e. The number of carboxylic acid groups (broad SMARTS) is 1. The number of rotatable bonds is 5. The van der Waals surface area contributed by atoms with Gasteiger partial charge in [-0.1, -0.05) is 30.3 Å². The molecule has 0 aliphatic rings. The topological polar surface area (TPSA) is 43.4 Å². The highest BCUT2D eigenvalue weighted by atomic mass is 16.4.